The number of anilines is 2. The zero-order valence-electron chi connectivity index (χ0n) is 16.6. The summed E-state index contributed by atoms with van der Waals surface area (Å²) in [6.07, 6.45) is 0. The van der Waals surface area contributed by atoms with Crippen LogP contribution >= 0.6 is 22.9 Å². The molecule has 150 valence electrons. The molecule has 0 atom stereocenters. The van der Waals surface area contributed by atoms with Gasteiger partial charge in [-0.15, -0.1) is 11.3 Å². The highest BCUT2D eigenvalue weighted by Crippen LogP contribution is 2.30. The molecule has 0 aliphatic heterocycles. The number of aromatic nitrogens is 1. The van der Waals surface area contributed by atoms with Crippen molar-refractivity contribution in [2.45, 2.75) is 0 Å². The van der Waals surface area contributed by atoms with E-state index in [9.17, 15) is 4.79 Å². The number of amides is 1. The fourth-order valence-electron chi connectivity index (χ4n) is 2.97. The molecule has 0 radical (unpaired) electrons. The van der Waals surface area contributed by atoms with Crippen LogP contribution in [0.4, 0.5) is 11.4 Å². The standard InChI is InChI=1S/C24H20ClN3OS/c1-28(2)21-13-7-17(8-14-21)23(29)26-20-11-5-16(6-12-20)22-15-30-24(27-22)18-3-9-19(25)10-4-18/h3-15H,1-2H3,(H,26,29). The molecule has 0 fully saturated rings. The largest absolute Gasteiger partial charge is 0.378 e. The monoisotopic (exact) mass is 433 g/mol. The molecule has 1 aromatic heterocycles. The molecule has 0 saturated carbocycles. The Balaban J connectivity index is 1.45. The third kappa shape index (κ3) is 4.53. The molecule has 0 aliphatic rings. The van der Waals surface area contributed by atoms with Crippen molar-refractivity contribution in [3.63, 3.8) is 0 Å². The van der Waals surface area contributed by atoms with Crippen molar-refractivity contribution in [1.29, 1.82) is 0 Å². The number of nitrogens with one attached hydrogen (secondary N) is 1. The lowest BCUT2D eigenvalue weighted by Crippen LogP contribution is -2.13. The molecule has 4 rings (SSSR count). The zero-order chi connectivity index (χ0) is 21.1. The van der Waals surface area contributed by atoms with E-state index in [1.807, 2.05) is 97.2 Å². The minimum absolute atomic E-state index is 0.133. The second-order valence-corrected chi connectivity index (χ2v) is 8.31. The van der Waals surface area contributed by atoms with Gasteiger partial charge in [0, 0.05) is 52.6 Å². The van der Waals surface area contributed by atoms with E-state index in [0.29, 0.717) is 10.6 Å². The number of hydrogen-bond acceptors (Lipinski definition) is 4. The van der Waals surface area contributed by atoms with Gasteiger partial charge in [0.25, 0.3) is 5.91 Å². The van der Waals surface area contributed by atoms with Gasteiger partial charge in [-0.25, -0.2) is 4.98 Å². The first-order valence-corrected chi connectivity index (χ1v) is 10.7. The van der Waals surface area contributed by atoms with Crippen LogP contribution in [0.5, 0.6) is 0 Å². The second kappa shape index (κ2) is 8.69. The molecule has 1 amide bonds. The number of thiazole rings is 1. The molecule has 0 spiro atoms. The molecule has 0 aliphatic carbocycles. The fraction of sp³-hybridized carbons (Fsp3) is 0.0833. The van der Waals surface area contributed by atoms with Crippen molar-refractivity contribution in [3.8, 4) is 21.8 Å². The Morgan fingerprint density at radius 1 is 0.900 bits per heavy atom. The summed E-state index contributed by atoms with van der Waals surface area (Å²) in [5.74, 6) is -0.133. The van der Waals surface area contributed by atoms with Gasteiger partial charge in [0.1, 0.15) is 5.01 Å². The van der Waals surface area contributed by atoms with Crippen LogP contribution < -0.4 is 10.2 Å². The van der Waals surface area contributed by atoms with E-state index in [4.69, 9.17) is 16.6 Å². The van der Waals surface area contributed by atoms with Gasteiger partial charge < -0.3 is 10.2 Å². The Bertz CT molecular complexity index is 1150. The summed E-state index contributed by atoms with van der Waals surface area (Å²) in [4.78, 5) is 19.2. The lowest BCUT2D eigenvalue weighted by Gasteiger charge is -2.12. The van der Waals surface area contributed by atoms with Crippen LogP contribution in [0.3, 0.4) is 0 Å². The fourth-order valence-corrected chi connectivity index (χ4v) is 3.93. The highest BCUT2D eigenvalue weighted by Gasteiger charge is 2.09. The molecule has 3 aromatic carbocycles. The smallest absolute Gasteiger partial charge is 0.255 e. The van der Waals surface area contributed by atoms with Gasteiger partial charge in [-0.1, -0.05) is 35.9 Å². The molecule has 1 N–H and O–H groups in total. The number of carbonyl (C=O) groups excluding carboxylic acids is 1. The van der Waals surface area contributed by atoms with Crippen LogP contribution in [-0.2, 0) is 0 Å². The number of carbonyl (C=O) groups is 1. The van der Waals surface area contributed by atoms with E-state index in [1.54, 1.807) is 11.3 Å². The topological polar surface area (TPSA) is 45.2 Å². The first kappa shape index (κ1) is 20.1. The van der Waals surface area contributed by atoms with Crippen molar-refractivity contribution in [3.05, 3.63) is 88.8 Å². The lowest BCUT2D eigenvalue weighted by atomic mass is 10.1. The van der Waals surface area contributed by atoms with Gasteiger partial charge in [0.15, 0.2) is 0 Å². The number of nitrogens with zero attached hydrogens (tertiary/aromatic N) is 2. The van der Waals surface area contributed by atoms with E-state index in [0.717, 1.165) is 33.2 Å². The predicted molar refractivity (Wildman–Crippen MR) is 127 cm³/mol. The van der Waals surface area contributed by atoms with Crippen molar-refractivity contribution >= 4 is 40.2 Å². The van der Waals surface area contributed by atoms with E-state index in [-0.39, 0.29) is 5.91 Å². The molecule has 30 heavy (non-hydrogen) atoms. The maximum Gasteiger partial charge on any atom is 0.255 e. The Kier molecular flexibility index (Phi) is 5.84. The van der Waals surface area contributed by atoms with Crippen molar-refractivity contribution in [2.75, 3.05) is 24.3 Å². The van der Waals surface area contributed by atoms with Crippen LogP contribution in [-0.4, -0.2) is 25.0 Å². The molecule has 0 bridgehead atoms. The first-order chi connectivity index (χ1) is 14.5. The third-order valence-corrected chi connectivity index (χ3v) is 5.82. The lowest BCUT2D eigenvalue weighted by molar-refractivity contribution is 0.102. The zero-order valence-corrected chi connectivity index (χ0v) is 18.2. The number of benzene rings is 3. The maximum absolute atomic E-state index is 12.5. The summed E-state index contributed by atoms with van der Waals surface area (Å²) in [5, 5.41) is 6.63. The Labute approximate surface area is 184 Å². The van der Waals surface area contributed by atoms with E-state index < -0.39 is 0 Å². The Hall–Kier alpha value is -3.15. The molecular weight excluding hydrogens is 414 g/mol. The summed E-state index contributed by atoms with van der Waals surface area (Å²) in [6, 6.07) is 22.9. The van der Waals surface area contributed by atoms with Crippen molar-refractivity contribution in [1.82, 2.24) is 4.98 Å². The molecular formula is C24H20ClN3OS. The predicted octanol–water partition coefficient (Wildman–Crippen LogP) is 6.45. The van der Waals surface area contributed by atoms with Gasteiger partial charge in [-0.3, -0.25) is 4.79 Å². The Morgan fingerprint density at radius 2 is 1.53 bits per heavy atom. The Morgan fingerprint density at radius 3 is 2.17 bits per heavy atom. The van der Waals surface area contributed by atoms with E-state index in [1.165, 1.54) is 0 Å². The normalized spacial score (nSPS) is 10.6. The average molecular weight is 434 g/mol. The van der Waals surface area contributed by atoms with Crippen LogP contribution in [0.1, 0.15) is 10.4 Å². The minimum Gasteiger partial charge on any atom is -0.378 e. The molecule has 4 nitrogen and oxygen atoms in total. The quantitative estimate of drug-likeness (QED) is 0.393. The summed E-state index contributed by atoms with van der Waals surface area (Å²) < 4.78 is 0. The highest BCUT2D eigenvalue weighted by atomic mass is 35.5. The van der Waals surface area contributed by atoms with Crippen LogP contribution in [0.2, 0.25) is 5.02 Å². The maximum atomic E-state index is 12.5. The van der Waals surface area contributed by atoms with E-state index >= 15 is 0 Å². The summed E-state index contributed by atoms with van der Waals surface area (Å²) in [7, 11) is 3.94. The van der Waals surface area contributed by atoms with Gasteiger partial charge in [0.05, 0.1) is 5.69 Å². The first-order valence-electron chi connectivity index (χ1n) is 9.40. The van der Waals surface area contributed by atoms with Crippen LogP contribution in [0, 0.1) is 0 Å². The van der Waals surface area contributed by atoms with Gasteiger partial charge in [0.2, 0.25) is 0 Å². The molecule has 0 unspecified atom stereocenters. The molecule has 6 heteroatoms. The molecule has 4 aromatic rings. The van der Waals surface area contributed by atoms with Crippen LogP contribution in [0.25, 0.3) is 21.8 Å². The molecule has 1 heterocycles. The molecule has 0 saturated heterocycles. The van der Waals surface area contributed by atoms with Crippen LogP contribution in [0.15, 0.2) is 78.2 Å². The van der Waals surface area contributed by atoms with Crippen molar-refractivity contribution in [2.24, 2.45) is 0 Å². The van der Waals surface area contributed by atoms with Gasteiger partial charge >= 0.3 is 0 Å². The third-order valence-electron chi connectivity index (χ3n) is 4.68. The average Bonchev–Trinajstić information content (AvgIpc) is 3.25. The van der Waals surface area contributed by atoms with Gasteiger partial charge in [-0.05, 0) is 48.5 Å². The highest BCUT2D eigenvalue weighted by molar-refractivity contribution is 7.13. The second-order valence-electron chi connectivity index (χ2n) is 7.02. The summed E-state index contributed by atoms with van der Waals surface area (Å²) in [6.45, 7) is 0. The SMILES string of the molecule is CN(C)c1ccc(C(=O)Nc2ccc(-c3csc(-c4ccc(Cl)cc4)n3)cc2)cc1. The number of hydrogen-bond donors (Lipinski definition) is 1. The summed E-state index contributed by atoms with van der Waals surface area (Å²) >= 11 is 7.55. The van der Waals surface area contributed by atoms with Crippen molar-refractivity contribution < 1.29 is 4.79 Å². The number of rotatable bonds is 5. The summed E-state index contributed by atoms with van der Waals surface area (Å²) in [5.41, 5.74) is 5.37. The minimum atomic E-state index is -0.133. The van der Waals surface area contributed by atoms with Gasteiger partial charge in [-0.2, -0.15) is 0 Å². The van der Waals surface area contributed by atoms with E-state index in [2.05, 4.69) is 5.32 Å². The number of halogens is 1.